The van der Waals surface area contributed by atoms with Crippen LogP contribution in [0, 0.1) is 30.3 Å². The van der Waals surface area contributed by atoms with Crippen molar-refractivity contribution >= 4 is 51.8 Å². The van der Waals surface area contributed by atoms with Crippen LogP contribution >= 0.6 is 12.2 Å². The number of benzene rings is 2. The van der Waals surface area contributed by atoms with E-state index in [9.17, 15) is 39.9 Å². The molecule has 1 saturated heterocycles. The van der Waals surface area contributed by atoms with Gasteiger partial charge in [0.1, 0.15) is 5.57 Å². The number of amides is 2. The molecule has 2 aliphatic rings. The molecule has 1 aliphatic carbocycles. The Bertz CT molecular complexity index is 1370. The number of carbonyl (C=O) groups excluding carboxylic acids is 2. The minimum absolute atomic E-state index is 0.00545. The molecule has 2 aromatic rings. The van der Waals surface area contributed by atoms with Gasteiger partial charge in [-0.1, -0.05) is 0 Å². The Kier molecular flexibility index (Phi) is 4.74. The first-order valence-electron chi connectivity index (χ1n) is 9.06. The number of carbonyl (C=O) groups is 2. The Hall–Kier alpha value is -4.59. The van der Waals surface area contributed by atoms with Gasteiger partial charge in [0.25, 0.3) is 28.9 Å². The zero-order valence-electron chi connectivity index (χ0n) is 16.8. The van der Waals surface area contributed by atoms with Gasteiger partial charge in [0.2, 0.25) is 0 Å². The summed E-state index contributed by atoms with van der Waals surface area (Å²) in [7, 11) is 2.63. The Morgan fingerprint density at radius 1 is 0.727 bits per heavy atom. The zero-order valence-corrected chi connectivity index (χ0v) is 17.6. The quantitative estimate of drug-likeness (QED) is 0.184. The third-order valence-electron chi connectivity index (χ3n) is 5.39. The maximum absolute atomic E-state index is 13.1. The first-order valence-corrected chi connectivity index (χ1v) is 9.47. The maximum Gasteiger partial charge on any atom is 0.284 e. The van der Waals surface area contributed by atoms with Crippen molar-refractivity contribution in [3.8, 4) is 11.1 Å². The molecule has 0 radical (unpaired) electrons. The summed E-state index contributed by atoms with van der Waals surface area (Å²) < 4.78 is 0. The van der Waals surface area contributed by atoms with E-state index in [0.29, 0.717) is 0 Å². The van der Waals surface area contributed by atoms with Crippen molar-refractivity contribution in [2.24, 2.45) is 0 Å². The van der Waals surface area contributed by atoms with Crippen LogP contribution in [-0.4, -0.2) is 55.6 Å². The van der Waals surface area contributed by atoms with Crippen molar-refractivity contribution in [2.45, 2.75) is 0 Å². The van der Waals surface area contributed by atoms with E-state index in [4.69, 9.17) is 12.2 Å². The summed E-state index contributed by atoms with van der Waals surface area (Å²) in [4.78, 5) is 60.4. The van der Waals surface area contributed by atoms with E-state index in [0.717, 1.165) is 34.1 Å². The van der Waals surface area contributed by atoms with Gasteiger partial charge >= 0.3 is 0 Å². The molecule has 13 nitrogen and oxygen atoms in total. The van der Waals surface area contributed by atoms with Crippen LogP contribution in [-0.2, 0) is 9.59 Å². The molecule has 1 heterocycles. The number of nitro groups is 3. The highest BCUT2D eigenvalue weighted by molar-refractivity contribution is 7.80. The van der Waals surface area contributed by atoms with Gasteiger partial charge in [0.15, 0.2) is 5.11 Å². The molecule has 14 heteroatoms. The summed E-state index contributed by atoms with van der Waals surface area (Å²) >= 11 is 5.07. The molecular formula is C19H11N5O8S. The van der Waals surface area contributed by atoms with E-state index >= 15 is 0 Å². The van der Waals surface area contributed by atoms with E-state index in [1.165, 1.54) is 20.2 Å². The van der Waals surface area contributed by atoms with E-state index < -0.39 is 49.2 Å². The molecule has 2 amide bonds. The SMILES string of the molecule is CN1C(=O)C(=C2c3cc([N+](=O)[O-])ccc3-c3c2cc([N+](=O)[O-])cc3[N+](=O)[O-])C(=O)N(C)C1=S. The number of likely N-dealkylation sites (N-methyl/N-ethyl adjacent to an activating group) is 2. The van der Waals surface area contributed by atoms with Crippen molar-refractivity contribution in [1.82, 2.24) is 9.80 Å². The first kappa shape index (κ1) is 21.6. The van der Waals surface area contributed by atoms with E-state index in [2.05, 4.69) is 0 Å². The molecule has 0 spiro atoms. The zero-order chi connectivity index (χ0) is 24.4. The van der Waals surface area contributed by atoms with Crippen LogP contribution in [0.2, 0.25) is 0 Å². The molecule has 0 bridgehead atoms. The average molecular weight is 469 g/mol. The molecule has 166 valence electrons. The van der Waals surface area contributed by atoms with Crippen LogP contribution in [0.4, 0.5) is 17.1 Å². The van der Waals surface area contributed by atoms with Gasteiger partial charge in [-0.25, -0.2) is 0 Å². The van der Waals surface area contributed by atoms with Gasteiger partial charge in [0, 0.05) is 43.4 Å². The molecule has 0 unspecified atom stereocenters. The Morgan fingerprint density at radius 3 is 1.79 bits per heavy atom. The van der Waals surface area contributed by atoms with Gasteiger partial charge in [-0.2, -0.15) is 0 Å². The maximum atomic E-state index is 13.1. The second-order valence-electron chi connectivity index (χ2n) is 7.15. The predicted octanol–water partition coefficient (Wildman–Crippen LogP) is 2.41. The first-order chi connectivity index (χ1) is 15.5. The van der Waals surface area contributed by atoms with Crippen LogP contribution in [0.5, 0.6) is 0 Å². The number of thiocarbonyl (C=S) groups is 1. The van der Waals surface area contributed by atoms with E-state index in [1.54, 1.807) is 0 Å². The summed E-state index contributed by atoms with van der Waals surface area (Å²) in [6.07, 6.45) is 0. The standard InChI is InChI=1S/C19H11N5O8S/c1-20-17(25)16(18(26)21(2)19(20)33)15-11-5-8(22(27)28)3-4-10(11)14-12(15)6-9(23(29)30)7-13(14)24(31)32/h3-7H,1-2H3. The van der Waals surface area contributed by atoms with Crippen LogP contribution in [0.25, 0.3) is 16.7 Å². The van der Waals surface area contributed by atoms with Gasteiger partial charge in [-0.15, -0.1) is 0 Å². The summed E-state index contributed by atoms with van der Waals surface area (Å²) in [6, 6.07) is 5.19. The normalized spacial score (nSPS) is 15.0. The lowest BCUT2D eigenvalue weighted by Crippen LogP contribution is -2.53. The van der Waals surface area contributed by atoms with Gasteiger partial charge in [0.05, 0.1) is 26.4 Å². The molecule has 1 fully saturated rings. The largest absolute Gasteiger partial charge is 0.288 e. The molecule has 0 aromatic heterocycles. The van der Waals surface area contributed by atoms with E-state index in [-0.39, 0.29) is 32.9 Å². The number of hydrogen-bond donors (Lipinski definition) is 0. The predicted molar refractivity (Wildman–Crippen MR) is 116 cm³/mol. The lowest BCUT2D eigenvalue weighted by molar-refractivity contribution is -0.393. The number of non-ortho nitro benzene ring substituents is 2. The lowest BCUT2D eigenvalue weighted by atomic mass is 9.94. The van der Waals surface area contributed by atoms with Crippen molar-refractivity contribution in [2.75, 3.05) is 14.1 Å². The fourth-order valence-electron chi connectivity index (χ4n) is 3.87. The topological polar surface area (TPSA) is 170 Å². The number of hydrogen-bond acceptors (Lipinski definition) is 9. The summed E-state index contributed by atoms with van der Waals surface area (Å²) in [6.45, 7) is 0. The molecule has 1 aliphatic heterocycles. The van der Waals surface area contributed by atoms with Gasteiger partial charge in [-0.3, -0.25) is 49.7 Å². The molecular weight excluding hydrogens is 458 g/mol. The van der Waals surface area contributed by atoms with Gasteiger partial charge < -0.3 is 0 Å². The number of nitrogens with zero attached hydrogens (tertiary/aromatic N) is 5. The molecule has 0 atom stereocenters. The van der Waals surface area contributed by atoms with Crippen molar-refractivity contribution in [1.29, 1.82) is 0 Å². The highest BCUT2D eigenvalue weighted by Crippen LogP contribution is 2.52. The molecule has 4 rings (SSSR count). The number of fused-ring (bicyclic) bond motifs is 3. The Balaban J connectivity index is 2.20. The molecule has 0 saturated carbocycles. The minimum atomic E-state index is -0.849. The van der Waals surface area contributed by atoms with Crippen molar-refractivity contribution in [3.63, 3.8) is 0 Å². The molecule has 33 heavy (non-hydrogen) atoms. The molecule has 2 aromatic carbocycles. The number of rotatable bonds is 3. The smallest absolute Gasteiger partial charge is 0.284 e. The molecule has 0 N–H and O–H groups in total. The highest BCUT2D eigenvalue weighted by atomic mass is 32.1. The van der Waals surface area contributed by atoms with Crippen LogP contribution in [0.1, 0.15) is 11.1 Å². The third-order valence-corrected chi connectivity index (χ3v) is 5.94. The van der Waals surface area contributed by atoms with Crippen LogP contribution < -0.4 is 0 Å². The number of nitro benzene ring substituents is 3. The van der Waals surface area contributed by atoms with Crippen molar-refractivity contribution < 1.29 is 24.4 Å². The summed E-state index contributed by atoms with van der Waals surface area (Å²) in [5, 5.41) is 34.5. The monoisotopic (exact) mass is 469 g/mol. The summed E-state index contributed by atoms with van der Waals surface area (Å²) in [5.41, 5.74) is -2.42. The van der Waals surface area contributed by atoms with Crippen molar-refractivity contribution in [3.05, 3.63) is 77.4 Å². The lowest BCUT2D eigenvalue weighted by Gasteiger charge is -2.32. The average Bonchev–Trinajstić information content (AvgIpc) is 3.09. The third kappa shape index (κ3) is 3.03. The van der Waals surface area contributed by atoms with Gasteiger partial charge in [-0.05, 0) is 29.4 Å². The second kappa shape index (κ2) is 7.23. The van der Waals surface area contributed by atoms with E-state index in [1.807, 2.05) is 0 Å². The highest BCUT2D eigenvalue weighted by Gasteiger charge is 2.43. The van der Waals surface area contributed by atoms with Crippen LogP contribution in [0.15, 0.2) is 35.9 Å². The Labute approximate surface area is 189 Å². The summed E-state index contributed by atoms with van der Waals surface area (Å²) in [5.74, 6) is -1.70. The fraction of sp³-hybridized carbons (Fsp3) is 0.105. The Morgan fingerprint density at radius 2 is 1.27 bits per heavy atom. The van der Waals surface area contributed by atoms with Crippen LogP contribution in [0.3, 0.4) is 0 Å². The fourth-order valence-corrected chi connectivity index (χ4v) is 4.03. The minimum Gasteiger partial charge on any atom is -0.288 e. The second-order valence-corrected chi connectivity index (χ2v) is 7.51.